The Bertz CT molecular complexity index is 784. The van der Waals surface area contributed by atoms with Crippen molar-refractivity contribution in [1.82, 2.24) is 24.7 Å². The van der Waals surface area contributed by atoms with E-state index in [1.54, 1.807) is 13.2 Å². The van der Waals surface area contributed by atoms with Gasteiger partial charge in [0.1, 0.15) is 0 Å². The number of carbonyl (C=O) groups excluding carboxylic acids is 1. The van der Waals surface area contributed by atoms with Gasteiger partial charge in [0.15, 0.2) is 5.96 Å². The summed E-state index contributed by atoms with van der Waals surface area (Å²) in [6.45, 7) is 4.74. The Kier molecular flexibility index (Phi) is 7.31. The summed E-state index contributed by atoms with van der Waals surface area (Å²) >= 11 is 6.01. The Hall–Kier alpha value is -2.54. The van der Waals surface area contributed by atoms with E-state index in [0.717, 1.165) is 44.1 Å². The first kappa shape index (κ1) is 20.2. The third kappa shape index (κ3) is 5.73. The second kappa shape index (κ2) is 10.1. The third-order valence-corrected chi connectivity index (χ3v) is 5.06. The second-order valence-electron chi connectivity index (χ2n) is 6.80. The van der Waals surface area contributed by atoms with Crippen LogP contribution in [0, 0.1) is 0 Å². The maximum atomic E-state index is 12.6. The average molecular weight is 403 g/mol. The number of halogens is 1. The molecule has 1 aliphatic rings. The van der Waals surface area contributed by atoms with E-state index in [4.69, 9.17) is 11.6 Å². The second-order valence-corrected chi connectivity index (χ2v) is 7.24. The van der Waals surface area contributed by atoms with Gasteiger partial charge >= 0.3 is 0 Å². The molecular formula is C20H27ClN6O. The number of guanidine groups is 1. The Morgan fingerprint density at radius 2 is 2.04 bits per heavy atom. The van der Waals surface area contributed by atoms with Crippen LogP contribution in [0.2, 0.25) is 5.02 Å². The minimum atomic E-state index is 0.144. The fourth-order valence-electron chi connectivity index (χ4n) is 3.31. The number of rotatable bonds is 6. The highest BCUT2D eigenvalue weighted by atomic mass is 35.5. The number of piperazine rings is 1. The fraction of sp³-hybridized carbons (Fsp3) is 0.450. The molecule has 1 fully saturated rings. The Balaban J connectivity index is 1.41. The lowest BCUT2D eigenvalue weighted by atomic mass is 10.1. The van der Waals surface area contributed by atoms with Gasteiger partial charge < -0.3 is 19.7 Å². The molecule has 0 aliphatic carbocycles. The SMILES string of the molecule is CN=C(NCCCn1ccnc1)N1CCN(C(=O)Cc2cccc(Cl)c2)CC1. The summed E-state index contributed by atoms with van der Waals surface area (Å²) in [5, 5.41) is 4.08. The first-order valence-corrected chi connectivity index (χ1v) is 9.97. The van der Waals surface area contributed by atoms with Crippen molar-refractivity contribution in [3.05, 3.63) is 53.6 Å². The minimum Gasteiger partial charge on any atom is -0.356 e. The van der Waals surface area contributed by atoms with Crippen molar-refractivity contribution < 1.29 is 4.79 Å². The molecule has 1 saturated heterocycles. The van der Waals surface area contributed by atoms with E-state index in [9.17, 15) is 4.79 Å². The number of amides is 1. The predicted molar refractivity (Wildman–Crippen MR) is 112 cm³/mol. The average Bonchev–Trinajstić information content (AvgIpc) is 3.22. The summed E-state index contributed by atoms with van der Waals surface area (Å²) in [5.41, 5.74) is 0.954. The maximum Gasteiger partial charge on any atom is 0.227 e. The van der Waals surface area contributed by atoms with E-state index >= 15 is 0 Å². The minimum absolute atomic E-state index is 0.144. The monoisotopic (exact) mass is 402 g/mol. The molecule has 150 valence electrons. The Morgan fingerprint density at radius 1 is 1.25 bits per heavy atom. The van der Waals surface area contributed by atoms with Gasteiger partial charge in [-0.05, 0) is 24.1 Å². The number of hydrogen-bond acceptors (Lipinski definition) is 3. The number of aromatic nitrogens is 2. The zero-order valence-electron chi connectivity index (χ0n) is 16.2. The number of hydrogen-bond donors (Lipinski definition) is 1. The van der Waals surface area contributed by atoms with Crippen LogP contribution in [0.3, 0.4) is 0 Å². The van der Waals surface area contributed by atoms with Crippen LogP contribution in [0.15, 0.2) is 48.0 Å². The maximum absolute atomic E-state index is 12.6. The number of aliphatic imine (C=N–C) groups is 1. The summed E-state index contributed by atoms with van der Waals surface area (Å²) < 4.78 is 2.06. The molecule has 2 aromatic rings. The molecule has 1 aromatic carbocycles. The predicted octanol–water partition coefficient (Wildman–Crippen LogP) is 1.89. The fourth-order valence-corrected chi connectivity index (χ4v) is 3.53. The van der Waals surface area contributed by atoms with E-state index in [0.29, 0.717) is 24.5 Å². The lowest BCUT2D eigenvalue weighted by Crippen LogP contribution is -2.54. The van der Waals surface area contributed by atoms with Crippen molar-refractivity contribution in [2.45, 2.75) is 19.4 Å². The quantitative estimate of drug-likeness (QED) is 0.455. The molecule has 28 heavy (non-hydrogen) atoms. The lowest BCUT2D eigenvalue weighted by Gasteiger charge is -2.36. The summed E-state index contributed by atoms with van der Waals surface area (Å²) in [4.78, 5) is 25.1. The van der Waals surface area contributed by atoms with Crippen molar-refractivity contribution in [2.75, 3.05) is 39.8 Å². The summed E-state index contributed by atoms with van der Waals surface area (Å²) in [7, 11) is 1.80. The third-order valence-electron chi connectivity index (χ3n) is 4.82. The van der Waals surface area contributed by atoms with E-state index in [1.165, 1.54) is 0 Å². The molecule has 0 spiro atoms. The molecule has 7 nitrogen and oxygen atoms in total. The van der Waals surface area contributed by atoms with Crippen molar-refractivity contribution in [3.8, 4) is 0 Å². The van der Waals surface area contributed by atoms with Crippen molar-refractivity contribution in [3.63, 3.8) is 0 Å². The molecule has 0 bridgehead atoms. The van der Waals surface area contributed by atoms with E-state index in [1.807, 2.05) is 41.7 Å². The Morgan fingerprint density at radius 3 is 2.71 bits per heavy atom. The van der Waals surface area contributed by atoms with Gasteiger partial charge in [0, 0.05) is 63.7 Å². The number of imidazole rings is 1. The highest BCUT2D eigenvalue weighted by Crippen LogP contribution is 2.13. The molecule has 3 rings (SSSR count). The molecule has 1 N–H and O–H groups in total. The van der Waals surface area contributed by atoms with E-state index in [2.05, 4.69) is 24.8 Å². The van der Waals surface area contributed by atoms with Crippen LogP contribution in [0.1, 0.15) is 12.0 Å². The van der Waals surface area contributed by atoms with Gasteiger partial charge in [-0.2, -0.15) is 0 Å². The number of nitrogens with one attached hydrogen (secondary N) is 1. The zero-order chi connectivity index (χ0) is 19.8. The summed E-state index contributed by atoms with van der Waals surface area (Å²) in [6.07, 6.45) is 6.97. The summed E-state index contributed by atoms with van der Waals surface area (Å²) in [6, 6.07) is 7.49. The van der Waals surface area contributed by atoms with Crippen LogP contribution in [0.4, 0.5) is 0 Å². The summed E-state index contributed by atoms with van der Waals surface area (Å²) in [5.74, 6) is 1.04. The Labute approximate surface area is 171 Å². The van der Waals surface area contributed by atoms with Crippen LogP contribution < -0.4 is 5.32 Å². The number of nitrogens with zero attached hydrogens (tertiary/aromatic N) is 5. The van der Waals surface area contributed by atoms with Gasteiger partial charge in [-0.1, -0.05) is 23.7 Å². The van der Waals surface area contributed by atoms with Crippen LogP contribution in [0.25, 0.3) is 0 Å². The van der Waals surface area contributed by atoms with Gasteiger partial charge in [-0.15, -0.1) is 0 Å². The van der Waals surface area contributed by atoms with Crippen LogP contribution in [-0.2, 0) is 17.8 Å². The largest absolute Gasteiger partial charge is 0.356 e. The first-order chi connectivity index (χ1) is 13.7. The van der Waals surface area contributed by atoms with Crippen molar-refractivity contribution in [1.29, 1.82) is 0 Å². The molecule has 2 heterocycles. The molecule has 1 aromatic heterocycles. The van der Waals surface area contributed by atoms with E-state index in [-0.39, 0.29) is 5.91 Å². The molecule has 0 radical (unpaired) electrons. The van der Waals surface area contributed by atoms with Crippen LogP contribution in [0.5, 0.6) is 0 Å². The van der Waals surface area contributed by atoms with Gasteiger partial charge in [0.25, 0.3) is 0 Å². The van der Waals surface area contributed by atoms with E-state index < -0.39 is 0 Å². The molecular weight excluding hydrogens is 376 g/mol. The molecule has 1 aliphatic heterocycles. The van der Waals surface area contributed by atoms with Crippen molar-refractivity contribution in [2.24, 2.45) is 4.99 Å². The van der Waals surface area contributed by atoms with Crippen molar-refractivity contribution >= 4 is 23.5 Å². The number of carbonyl (C=O) groups is 1. The molecule has 8 heteroatoms. The lowest BCUT2D eigenvalue weighted by molar-refractivity contribution is -0.131. The van der Waals surface area contributed by atoms with Gasteiger partial charge in [0.2, 0.25) is 5.91 Å². The number of benzene rings is 1. The smallest absolute Gasteiger partial charge is 0.227 e. The van der Waals surface area contributed by atoms with Crippen LogP contribution >= 0.6 is 11.6 Å². The topological polar surface area (TPSA) is 65.8 Å². The molecule has 0 saturated carbocycles. The van der Waals surface area contributed by atoms with Gasteiger partial charge in [-0.3, -0.25) is 9.79 Å². The highest BCUT2D eigenvalue weighted by Gasteiger charge is 2.23. The molecule has 1 amide bonds. The van der Waals surface area contributed by atoms with Gasteiger partial charge in [0.05, 0.1) is 12.7 Å². The normalized spacial score (nSPS) is 15.0. The zero-order valence-corrected chi connectivity index (χ0v) is 17.0. The first-order valence-electron chi connectivity index (χ1n) is 9.59. The van der Waals surface area contributed by atoms with Gasteiger partial charge in [-0.25, -0.2) is 4.98 Å². The number of aryl methyl sites for hydroxylation is 1. The highest BCUT2D eigenvalue weighted by molar-refractivity contribution is 6.30. The molecule has 0 unspecified atom stereocenters. The molecule has 0 atom stereocenters. The standard InChI is InChI=1S/C20H27ClN6O/c1-22-20(24-6-3-8-25-9-7-23-16-25)27-12-10-26(11-13-27)19(28)15-17-4-2-5-18(21)14-17/h2,4-5,7,9,14,16H,3,6,8,10-13,15H2,1H3,(H,22,24). The van der Waals surface area contributed by atoms with Crippen LogP contribution in [-0.4, -0.2) is 71.0 Å².